The number of hydrogen-bond acceptors (Lipinski definition) is 4. The molecule has 0 fully saturated rings. The Morgan fingerprint density at radius 1 is 1.08 bits per heavy atom. The number of esters is 1. The summed E-state index contributed by atoms with van der Waals surface area (Å²) in [4.78, 5) is 15.8. The minimum Gasteiger partial charge on any atom is -0.455 e. The van der Waals surface area contributed by atoms with Crippen LogP contribution in [0.4, 0.5) is 0 Å². The molecule has 2 unspecified atom stereocenters. The number of carbonyl (C=O) groups is 1. The molecular formula is C21H19N3O2. The van der Waals surface area contributed by atoms with Crippen LogP contribution in [0.1, 0.15) is 89.3 Å². The highest BCUT2D eigenvalue weighted by atomic mass is 16.6. The van der Waals surface area contributed by atoms with Crippen LogP contribution in [0.5, 0.6) is 0 Å². The smallest absolute Gasteiger partial charge is 0.355 e. The lowest BCUT2D eigenvalue weighted by molar-refractivity contribution is 0.00617. The van der Waals surface area contributed by atoms with Gasteiger partial charge in [-0.15, -0.1) is 0 Å². The lowest BCUT2D eigenvalue weighted by Crippen LogP contribution is -2.28. The molecule has 0 spiro atoms. The molecule has 2 atom stereocenters. The minimum atomic E-state index is -0.559. The summed E-state index contributed by atoms with van der Waals surface area (Å²) in [7, 11) is 0. The molecule has 5 nitrogen and oxygen atoms in total. The molecule has 5 heteroatoms. The Morgan fingerprint density at radius 3 is 2.23 bits per heavy atom. The summed E-state index contributed by atoms with van der Waals surface area (Å²) in [6.45, 7) is 5.55. The first-order valence-corrected chi connectivity index (χ1v) is 8.76. The standard InChI is InChI=1S/C21H19N3O2/c1-21(2,3)26-20(25)19-18-14-5-4-13(17(18)10-24-19)15-6-11(8-22)12(9-23)7-16(14)15/h6-7,10,13-14,24H,4-5H2,1-3H3. The summed E-state index contributed by atoms with van der Waals surface area (Å²) in [6, 6.07) is 7.93. The van der Waals surface area contributed by atoms with Gasteiger partial charge < -0.3 is 9.72 Å². The highest BCUT2D eigenvalue weighted by molar-refractivity contribution is 5.91. The van der Waals surface area contributed by atoms with Crippen molar-refractivity contribution < 1.29 is 9.53 Å². The maximum atomic E-state index is 12.7. The fourth-order valence-electron chi connectivity index (χ4n) is 4.30. The second-order valence-corrected chi connectivity index (χ2v) is 7.97. The molecule has 0 aliphatic heterocycles. The zero-order chi connectivity index (χ0) is 18.6. The van der Waals surface area contributed by atoms with Gasteiger partial charge in [0.15, 0.2) is 0 Å². The maximum absolute atomic E-state index is 12.7. The number of nitriles is 2. The number of H-pyrrole nitrogens is 1. The summed E-state index contributed by atoms with van der Waals surface area (Å²) < 4.78 is 5.56. The van der Waals surface area contributed by atoms with Crippen molar-refractivity contribution in [3.63, 3.8) is 0 Å². The molecule has 2 bridgehead atoms. The number of hydrogen-bond donors (Lipinski definition) is 1. The monoisotopic (exact) mass is 345 g/mol. The van der Waals surface area contributed by atoms with Crippen molar-refractivity contribution in [1.29, 1.82) is 10.5 Å². The Bertz CT molecular complexity index is 1010. The number of carbonyl (C=O) groups excluding carboxylic acids is 1. The number of aromatic nitrogens is 1. The van der Waals surface area contributed by atoms with Crippen LogP contribution in [0.15, 0.2) is 18.3 Å². The molecule has 0 radical (unpaired) electrons. The first kappa shape index (κ1) is 16.4. The number of benzene rings is 1. The highest BCUT2D eigenvalue weighted by Gasteiger charge is 2.42. The van der Waals surface area contributed by atoms with Crippen molar-refractivity contribution in [2.75, 3.05) is 0 Å². The van der Waals surface area contributed by atoms with Gasteiger partial charge in [0.25, 0.3) is 0 Å². The van der Waals surface area contributed by atoms with Crippen LogP contribution in [-0.2, 0) is 4.74 Å². The van der Waals surface area contributed by atoms with E-state index in [-0.39, 0.29) is 17.8 Å². The fourth-order valence-corrected chi connectivity index (χ4v) is 4.30. The molecule has 0 amide bonds. The van der Waals surface area contributed by atoms with Crippen LogP contribution >= 0.6 is 0 Å². The van der Waals surface area contributed by atoms with Gasteiger partial charge in [0.2, 0.25) is 0 Å². The van der Waals surface area contributed by atoms with Gasteiger partial charge in [-0.2, -0.15) is 10.5 Å². The average molecular weight is 345 g/mol. The van der Waals surface area contributed by atoms with Crippen LogP contribution in [0.3, 0.4) is 0 Å². The average Bonchev–Trinajstić information content (AvgIpc) is 3.05. The van der Waals surface area contributed by atoms with Gasteiger partial charge in [-0.05, 0) is 68.0 Å². The van der Waals surface area contributed by atoms with E-state index in [1.54, 1.807) is 0 Å². The van der Waals surface area contributed by atoms with E-state index < -0.39 is 5.60 Å². The van der Waals surface area contributed by atoms with E-state index >= 15 is 0 Å². The number of aromatic amines is 1. The Kier molecular flexibility index (Phi) is 3.46. The predicted octanol–water partition coefficient (Wildman–Crippen LogP) is 4.08. The van der Waals surface area contributed by atoms with Crippen LogP contribution in [0.2, 0.25) is 0 Å². The quantitative estimate of drug-likeness (QED) is 0.788. The van der Waals surface area contributed by atoms with Gasteiger partial charge in [0.1, 0.15) is 23.4 Å². The summed E-state index contributed by atoms with van der Waals surface area (Å²) in [5, 5.41) is 18.7. The number of nitrogens with one attached hydrogen (secondary N) is 1. The van der Waals surface area contributed by atoms with E-state index in [1.807, 2.05) is 39.1 Å². The fraction of sp³-hybridized carbons (Fsp3) is 0.381. The molecule has 3 aliphatic carbocycles. The van der Waals surface area contributed by atoms with Crippen molar-refractivity contribution in [3.05, 3.63) is 57.4 Å². The third-order valence-corrected chi connectivity index (χ3v) is 5.24. The molecule has 3 aliphatic rings. The van der Waals surface area contributed by atoms with Crippen LogP contribution in [0.25, 0.3) is 0 Å². The third-order valence-electron chi connectivity index (χ3n) is 5.24. The van der Waals surface area contributed by atoms with Gasteiger partial charge in [-0.1, -0.05) is 0 Å². The summed E-state index contributed by atoms with van der Waals surface area (Å²) in [5.74, 6) is -0.141. The number of rotatable bonds is 1. The Hall–Kier alpha value is -3.05. The zero-order valence-corrected chi connectivity index (χ0v) is 15.0. The Balaban J connectivity index is 1.84. The Labute approximate surface area is 152 Å². The van der Waals surface area contributed by atoms with Crippen molar-refractivity contribution in [2.24, 2.45) is 0 Å². The van der Waals surface area contributed by atoms with Crippen molar-refractivity contribution in [1.82, 2.24) is 4.98 Å². The number of nitrogens with zero attached hydrogens (tertiary/aromatic N) is 2. The lowest BCUT2D eigenvalue weighted by atomic mass is 9.64. The first-order chi connectivity index (χ1) is 12.3. The van der Waals surface area contributed by atoms with Gasteiger partial charge in [0, 0.05) is 18.0 Å². The second-order valence-electron chi connectivity index (χ2n) is 7.97. The normalized spacial score (nSPS) is 19.9. The van der Waals surface area contributed by atoms with Crippen molar-refractivity contribution >= 4 is 5.97 Å². The van der Waals surface area contributed by atoms with Gasteiger partial charge in [-0.25, -0.2) is 4.79 Å². The molecule has 2 aromatic rings. The van der Waals surface area contributed by atoms with E-state index in [1.165, 1.54) is 0 Å². The topological polar surface area (TPSA) is 89.7 Å². The first-order valence-electron chi connectivity index (χ1n) is 8.76. The summed E-state index contributed by atoms with van der Waals surface area (Å²) in [5.41, 5.74) is 5.06. The molecule has 5 rings (SSSR count). The molecule has 0 saturated heterocycles. The van der Waals surface area contributed by atoms with Crippen LogP contribution < -0.4 is 0 Å². The predicted molar refractivity (Wildman–Crippen MR) is 94.8 cm³/mol. The summed E-state index contributed by atoms with van der Waals surface area (Å²) >= 11 is 0. The van der Waals surface area contributed by atoms with Crippen molar-refractivity contribution in [3.8, 4) is 12.1 Å². The van der Waals surface area contributed by atoms with E-state index in [2.05, 4.69) is 17.1 Å². The molecular weight excluding hydrogens is 326 g/mol. The molecule has 1 aromatic heterocycles. The zero-order valence-electron chi connectivity index (χ0n) is 15.0. The lowest BCUT2D eigenvalue weighted by Gasteiger charge is -2.39. The number of ether oxygens (including phenoxy) is 1. The molecule has 26 heavy (non-hydrogen) atoms. The summed E-state index contributed by atoms with van der Waals surface area (Å²) in [6.07, 6.45) is 3.81. The molecule has 1 aromatic carbocycles. The highest BCUT2D eigenvalue weighted by Crippen LogP contribution is 2.54. The van der Waals surface area contributed by atoms with Crippen LogP contribution in [-0.4, -0.2) is 16.6 Å². The Morgan fingerprint density at radius 2 is 1.65 bits per heavy atom. The third kappa shape index (κ3) is 2.32. The second kappa shape index (κ2) is 5.47. The van der Waals surface area contributed by atoms with E-state index in [9.17, 15) is 15.3 Å². The SMILES string of the molecule is CC(C)(C)OC(=O)c1[nH]cc2c1C1CCC2c2cc(C#N)c(C#N)cc21. The minimum absolute atomic E-state index is 0.0543. The largest absolute Gasteiger partial charge is 0.455 e. The van der Waals surface area contributed by atoms with E-state index in [4.69, 9.17) is 4.74 Å². The van der Waals surface area contributed by atoms with Gasteiger partial charge >= 0.3 is 5.97 Å². The van der Waals surface area contributed by atoms with E-state index in [0.717, 1.165) is 35.1 Å². The van der Waals surface area contributed by atoms with Crippen molar-refractivity contribution in [2.45, 2.75) is 51.0 Å². The maximum Gasteiger partial charge on any atom is 0.355 e. The van der Waals surface area contributed by atoms with E-state index in [0.29, 0.717) is 16.8 Å². The number of fused-ring (bicyclic) bond motifs is 1. The molecule has 0 saturated carbocycles. The van der Waals surface area contributed by atoms with Gasteiger partial charge in [0.05, 0.1) is 11.1 Å². The van der Waals surface area contributed by atoms with Gasteiger partial charge in [-0.3, -0.25) is 0 Å². The van der Waals surface area contributed by atoms with Crippen LogP contribution in [0, 0.1) is 22.7 Å². The molecule has 1 N–H and O–H groups in total. The molecule has 1 heterocycles. The molecule has 130 valence electrons.